The number of carbonyl (C=O) groups excluding carboxylic acids is 1. The Morgan fingerprint density at radius 1 is 1.03 bits per heavy atom. The first-order valence-corrected chi connectivity index (χ1v) is 8.76. The minimum Gasteiger partial charge on any atom is -0.438 e. The second kappa shape index (κ2) is 7.63. The third kappa shape index (κ3) is 4.19. The van der Waals surface area contributed by atoms with Gasteiger partial charge in [-0.1, -0.05) is 24.3 Å². The summed E-state index contributed by atoms with van der Waals surface area (Å²) in [5.41, 5.74) is 1.46. The standard InChI is InChI=1S/C22H15F2N3O2/c1-13-6-7-20(25-12-13)27-21(28)18-8-14-4-2-3-5-19(14)29-22(18)26-17-10-15(23)9-16(24)11-17/h2-12H,1H3,(H,25,27,28). The van der Waals surface area contributed by atoms with E-state index in [0.717, 1.165) is 23.8 Å². The van der Waals surface area contributed by atoms with Crippen molar-refractivity contribution in [2.24, 2.45) is 4.99 Å². The number of rotatable bonds is 3. The molecule has 0 aliphatic carbocycles. The molecule has 0 radical (unpaired) electrons. The number of hydrogen-bond donors (Lipinski definition) is 1. The monoisotopic (exact) mass is 391 g/mol. The fraction of sp³-hybridized carbons (Fsp3) is 0.0455. The van der Waals surface area contributed by atoms with Crippen LogP contribution in [0.5, 0.6) is 0 Å². The molecule has 1 N–H and O–H groups in total. The molecule has 2 heterocycles. The van der Waals surface area contributed by atoms with Crippen molar-refractivity contribution in [1.82, 2.24) is 4.98 Å². The summed E-state index contributed by atoms with van der Waals surface area (Å²) in [5, 5.41) is 3.36. The molecule has 0 unspecified atom stereocenters. The molecule has 0 aliphatic heterocycles. The van der Waals surface area contributed by atoms with Gasteiger partial charge in [0.2, 0.25) is 5.55 Å². The number of carbonyl (C=O) groups is 1. The van der Waals surface area contributed by atoms with Gasteiger partial charge in [-0.25, -0.2) is 18.8 Å². The van der Waals surface area contributed by atoms with Gasteiger partial charge in [0.15, 0.2) is 0 Å². The van der Waals surface area contributed by atoms with Crippen LogP contribution in [-0.2, 0) is 0 Å². The van der Waals surface area contributed by atoms with Crippen molar-refractivity contribution in [2.75, 3.05) is 5.32 Å². The molecule has 0 bridgehead atoms. The van der Waals surface area contributed by atoms with Crippen LogP contribution in [0.2, 0.25) is 0 Å². The number of benzene rings is 2. The number of hydrogen-bond acceptors (Lipinski definition) is 4. The molecule has 7 heteroatoms. The molecule has 0 spiro atoms. The Morgan fingerprint density at radius 2 is 1.79 bits per heavy atom. The molecule has 0 saturated carbocycles. The summed E-state index contributed by atoms with van der Waals surface area (Å²) in [7, 11) is 0. The third-order valence-corrected chi connectivity index (χ3v) is 4.13. The summed E-state index contributed by atoms with van der Waals surface area (Å²) >= 11 is 0. The topological polar surface area (TPSA) is 67.5 Å². The Balaban J connectivity index is 1.84. The zero-order valence-corrected chi connectivity index (χ0v) is 15.3. The lowest BCUT2D eigenvalue weighted by Gasteiger charge is -2.07. The minimum absolute atomic E-state index is 0.0101. The van der Waals surface area contributed by atoms with Crippen molar-refractivity contribution < 1.29 is 18.0 Å². The Hall–Kier alpha value is -3.87. The van der Waals surface area contributed by atoms with Gasteiger partial charge in [0.05, 0.1) is 5.69 Å². The summed E-state index contributed by atoms with van der Waals surface area (Å²) in [6.45, 7) is 1.88. The van der Waals surface area contributed by atoms with Crippen molar-refractivity contribution in [3.05, 3.63) is 95.2 Å². The number of anilines is 1. The first kappa shape index (κ1) is 18.5. The van der Waals surface area contributed by atoms with Crippen molar-refractivity contribution >= 4 is 28.4 Å². The van der Waals surface area contributed by atoms with Crippen molar-refractivity contribution in [3.8, 4) is 0 Å². The number of aryl methyl sites for hydroxylation is 1. The highest BCUT2D eigenvalue weighted by molar-refractivity contribution is 6.04. The molecule has 1 amide bonds. The number of amides is 1. The number of aromatic nitrogens is 1. The van der Waals surface area contributed by atoms with Crippen LogP contribution in [0.4, 0.5) is 20.3 Å². The number of halogens is 2. The van der Waals surface area contributed by atoms with E-state index in [-0.39, 0.29) is 16.8 Å². The molecule has 4 aromatic rings. The molecule has 4 rings (SSSR count). The van der Waals surface area contributed by atoms with Gasteiger partial charge in [-0.05, 0) is 42.8 Å². The van der Waals surface area contributed by atoms with Crippen molar-refractivity contribution in [1.29, 1.82) is 0 Å². The Labute approximate surface area is 164 Å². The van der Waals surface area contributed by atoms with E-state index in [1.54, 1.807) is 42.6 Å². The summed E-state index contributed by atoms with van der Waals surface area (Å²) in [6.07, 6.45) is 1.63. The lowest BCUT2D eigenvalue weighted by molar-refractivity contribution is 0.102. The maximum Gasteiger partial charge on any atom is 0.262 e. The molecule has 0 aliphatic rings. The Bertz CT molecular complexity index is 1260. The molecule has 2 aromatic heterocycles. The molecule has 2 aromatic carbocycles. The third-order valence-electron chi connectivity index (χ3n) is 4.13. The average molecular weight is 391 g/mol. The summed E-state index contributed by atoms with van der Waals surface area (Å²) in [4.78, 5) is 21.2. The predicted molar refractivity (Wildman–Crippen MR) is 105 cm³/mol. The predicted octanol–water partition coefficient (Wildman–Crippen LogP) is 4.90. The molecule has 5 nitrogen and oxygen atoms in total. The van der Waals surface area contributed by atoms with E-state index in [2.05, 4.69) is 15.3 Å². The Morgan fingerprint density at radius 3 is 2.52 bits per heavy atom. The van der Waals surface area contributed by atoms with Crippen LogP contribution >= 0.6 is 0 Å². The van der Waals surface area contributed by atoms with Gasteiger partial charge in [0, 0.05) is 17.6 Å². The number of pyridine rings is 1. The van der Waals surface area contributed by atoms with Crippen molar-refractivity contribution in [2.45, 2.75) is 6.92 Å². The quantitative estimate of drug-likeness (QED) is 0.540. The highest BCUT2D eigenvalue weighted by Crippen LogP contribution is 2.18. The highest BCUT2D eigenvalue weighted by Gasteiger charge is 2.14. The lowest BCUT2D eigenvalue weighted by Crippen LogP contribution is -2.22. The van der Waals surface area contributed by atoms with Crippen LogP contribution in [0.1, 0.15) is 15.9 Å². The van der Waals surface area contributed by atoms with Crippen LogP contribution in [0.25, 0.3) is 11.0 Å². The van der Waals surface area contributed by atoms with Crippen molar-refractivity contribution in [3.63, 3.8) is 0 Å². The molecule has 0 fully saturated rings. The van der Waals surface area contributed by atoms with Gasteiger partial charge in [0.1, 0.15) is 28.6 Å². The molecule has 29 heavy (non-hydrogen) atoms. The summed E-state index contributed by atoms with van der Waals surface area (Å²) in [5.74, 6) is -1.71. The van der Waals surface area contributed by atoms with Crippen LogP contribution in [0.15, 0.2) is 76.3 Å². The number of fused-ring (bicyclic) bond motifs is 1. The highest BCUT2D eigenvalue weighted by atomic mass is 19.1. The second-order valence-corrected chi connectivity index (χ2v) is 6.42. The smallest absolute Gasteiger partial charge is 0.262 e. The molecular formula is C22H15F2N3O2. The number of nitrogens with zero attached hydrogens (tertiary/aromatic N) is 2. The van der Waals surface area contributed by atoms with Gasteiger partial charge in [-0.2, -0.15) is 0 Å². The maximum atomic E-state index is 13.5. The number of nitrogens with one attached hydrogen (secondary N) is 1. The van der Waals surface area contributed by atoms with E-state index in [4.69, 9.17) is 4.42 Å². The molecule has 144 valence electrons. The fourth-order valence-electron chi connectivity index (χ4n) is 2.76. The van der Waals surface area contributed by atoms with Gasteiger partial charge >= 0.3 is 0 Å². The van der Waals surface area contributed by atoms with Crippen LogP contribution < -0.4 is 10.9 Å². The van der Waals surface area contributed by atoms with Gasteiger partial charge in [-0.3, -0.25) is 4.79 Å². The van der Waals surface area contributed by atoms with E-state index in [9.17, 15) is 13.6 Å². The maximum absolute atomic E-state index is 13.5. The van der Waals surface area contributed by atoms with E-state index in [0.29, 0.717) is 16.8 Å². The second-order valence-electron chi connectivity index (χ2n) is 6.42. The van der Waals surface area contributed by atoms with E-state index >= 15 is 0 Å². The largest absolute Gasteiger partial charge is 0.438 e. The SMILES string of the molecule is Cc1ccc(NC(=O)c2cc3ccccc3oc2=Nc2cc(F)cc(F)c2)nc1. The van der Waals surface area contributed by atoms with E-state index in [1.165, 1.54) is 0 Å². The van der Waals surface area contributed by atoms with Crippen LogP contribution in [0, 0.1) is 18.6 Å². The molecule has 0 atom stereocenters. The fourth-order valence-corrected chi connectivity index (χ4v) is 2.76. The summed E-state index contributed by atoms with van der Waals surface area (Å²) in [6, 6.07) is 15.0. The average Bonchev–Trinajstić information content (AvgIpc) is 2.68. The minimum atomic E-state index is -0.778. The van der Waals surface area contributed by atoms with Crippen LogP contribution in [0.3, 0.4) is 0 Å². The van der Waals surface area contributed by atoms with Gasteiger partial charge < -0.3 is 9.73 Å². The van der Waals surface area contributed by atoms with Crippen LogP contribution in [-0.4, -0.2) is 10.9 Å². The number of para-hydroxylation sites is 1. The first-order chi connectivity index (χ1) is 14.0. The summed E-state index contributed by atoms with van der Waals surface area (Å²) < 4.78 is 32.9. The zero-order valence-electron chi connectivity index (χ0n) is 15.3. The molecule has 0 saturated heterocycles. The zero-order chi connectivity index (χ0) is 20.4. The van der Waals surface area contributed by atoms with Gasteiger partial charge in [-0.15, -0.1) is 0 Å². The van der Waals surface area contributed by atoms with E-state index < -0.39 is 17.5 Å². The first-order valence-electron chi connectivity index (χ1n) is 8.76. The normalized spacial score (nSPS) is 11.6. The molecular weight excluding hydrogens is 376 g/mol. The Kier molecular flexibility index (Phi) is 4.87. The van der Waals surface area contributed by atoms with Gasteiger partial charge in [0.25, 0.3) is 5.91 Å². The van der Waals surface area contributed by atoms with E-state index in [1.807, 2.05) is 13.0 Å². The lowest BCUT2D eigenvalue weighted by atomic mass is 10.1.